The van der Waals surface area contributed by atoms with E-state index in [2.05, 4.69) is 10.2 Å². The normalized spacial score (nSPS) is 10.6. The molecule has 0 amide bonds. The minimum atomic E-state index is 0.460. The molecule has 0 radical (unpaired) electrons. The largest absolute Gasteiger partial charge is 0.490 e. The third kappa shape index (κ3) is 3.75. The van der Waals surface area contributed by atoms with Crippen LogP contribution in [-0.2, 0) is 6.54 Å². The second-order valence-corrected chi connectivity index (χ2v) is 5.41. The van der Waals surface area contributed by atoms with E-state index in [1.54, 1.807) is 0 Å². The molecule has 0 bridgehead atoms. The number of nitrogens with one attached hydrogen (secondary N) is 1. The van der Waals surface area contributed by atoms with E-state index >= 15 is 0 Å². The number of hydrogen-bond donors (Lipinski definition) is 2. The molecule has 1 heterocycles. The van der Waals surface area contributed by atoms with Crippen LogP contribution in [0.1, 0.15) is 11.3 Å². The number of aromatic nitrogens is 2. The van der Waals surface area contributed by atoms with Gasteiger partial charge in [0.15, 0.2) is 0 Å². The zero-order chi connectivity index (χ0) is 16.8. The Morgan fingerprint density at radius 2 is 1.54 bits per heavy atom. The molecule has 3 rings (SSSR count). The maximum atomic E-state index is 5.70. The van der Waals surface area contributed by atoms with Crippen molar-refractivity contribution < 1.29 is 9.47 Å². The molecular formula is C19H21N3O2. The van der Waals surface area contributed by atoms with E-state index in [-0.39, 0.29) is 0 Å². The standard InChI is InChI=1S/C19H21N3O2/c1-14-18(13-20)21-22-19(14)15-7-9-17(10-8-15)24-12-11-23-16-5-3-2-4-6-16/h2-10H,11-13,20H2,1H3,(H,21,22). The summed E-state index contributed by atoms with van der Waals surface area (Å²) in [6.07, 6.45) is 0. The molecule has 0 spiro atoms. The average molecular weight is 323 g/mol. The maximum absolute atomic E-state index is 5.70. The first-order valence-electron chi connectivity index (χ1n) is 7.93. The third-order valence-electron chi connectivity index (χ3n) is 3.81. The summed E-state index contributed by atoms with van der Waals surface area (Å²) < 4.78 is 11.3. The first kappa shape index (κ1) is 16.1. The van der Waals surface area contributed by atoms with Crippen molar-refractivity contribution in [1.82, 2.24) is 10.2 Å². The van der Waals surface area contributed by atoms with Crippen molar-refractivity contribution in [2.24, 2.45) is 5.73 Å². The molecule has 0 saturated carbocycles. The predicted octanol–water partition coefficient (Wildman–Crippen LogP) is 3.30. The van der Waals surface area contributed by atoms with Gasteiger partial charge in [0.25, 0.3) is 0 Å². The Balaban J connectivity index is 1.54. The summed E-state index contributed by atoms with van der Waals surface area (Å²) in [7, 11) is 0. The van der Waals surface area contributed by atoms with Crippen LogP contribution in [0.5, 0.6) is 11.5 Å². The van der Waals surface area contributed by atoms with Crippen molar-refractivity contribution in [3.63, 3.8) is 0 Å². The molecule has 24 heavy (non-hydrogen) atoms. The van der Waals surface area contributed by atoms with Gasteiger partial charge in [0.05, 0.1) is 11.4 Å². The van der Waals surface area contributed by atoms with Crippen molar-refractivity contribution in [2.75, 3.05) is 13.2 Å². The molecule has 0 unspecified atom stereocenters. The lowest BCUT2D eigenvalue weighted by Crippen LogP contribution is -2.08. The minimum absolute atomic E-state index is 0.460. The van der Waals surface area contributed by atoms with Gasteiger partial charge in [-0.05, 0) is 48.9 Å². The van der Waals surface area contributed by atoms with Crippen LogP contribution in [-0.4, -0.2) is 23.4 Å². The van der Waals surface area contributed by atoms with Gasteiger partial charge in [-0.25, -0.2) is 0 Å². The summed E-state index contributed by atoms with van der Waals surface area (Å²) in [5.41, 5.74) is 9.68. The van der Waals surface area contributed by atoms with Gasteiger partial charge in [0.1, 0.15) is 24.7 Å². The zero-order valence-corrected chi connectivity index (χ0v) is 13.7. The van der Waals surface area contributed by atoms with Crippen LogP contribution in [0.25, 0.3) is 11.3 Å². The number of para-hydroxylation sites is 1. The lowest BCUT2D eigenvalue weighted by atomic mass is 10.1. The highest BCUT2D eigenvalue weighted by Gasteiger charge is 2.09. The summed E-state index contributed by atoms with van der Waals surface area (Å²) in [6, 6.07) is 17.6. The fourth-order valence-electron chi connectivity index (χ4n) is 2.46. The van der Waals surface area contributed by atoms with Crippen molar-refractivity contribution in [3.8, 4) is 22.8 Å². The molecular weight excluding hydrogens is 302 g/mol. The number of nitrogens with two attached hydrogens (primary N) is 1. The van der Waals surface area contributed by atoms with Gasteiger partial charge in [0, 0.05) is 12.1 Å². The monoisotopic (exact) mass is 323 g/mol. The molecule has 1 aromatic heterocycles. The van der Waals surface area contributed by atoms with E-state index in [9.17, 15) is 0 Å². The zero-order valence-electron chi connectivity index (χ0n) is 13.7. The van der Waals surface area contributed by atoms with E-state index in [1.165, 1.54) is 0 Å². The quantitative estimate of drug-likeness (QED) is 0.654. The number of hydrogen-bond acceptors (Lipinski definition) is 4. The predicted molar refractivity (Wildman–Crippen MR) is 94.1 cm³/mol. The van der Waals surface area contributed by atoms with Crippen LogP contribution in [0.4, 0.5) is 0 Å². The average Bonchev–Trinajstić information content (AvgIpc) is 3.01. The fraction of sp³-hybridized carbons (Fsp3) is 0.211. The number of aromatic amines is 1. The summed E-state index contributed by atoms with van der Waals surface area (Å²) >= 11 is 0. The van der Waals surface area contributed by atoms with Crippen LogP contribution in [0, 0.1) is 6.92 Å². The van der Waals surface area contributed by atoms with Crippen LogP contribution >= 0.6 is 0 Å². The van der Waals surface area contributed by atoms with Crippen LogP contribution in [0.3, 0.4) is 0 Å². The van der Waals surface area contributed by atoms with E-state index in [1.807, 2.05) is 61.5 Å². The highest BCUT2D eigenvalue weighted by molar-refractivity contribution is 5.64. The van der Waals surface area contributed by atoms with Crippen LogP contribution in [0.15, 0.2) is 54.6 Å². The van der Waals surface area contributed by atoms with Crippen molar-refractivity contribution >= 4 is 0 Å². The van der Waals surface area contributed by atoms with Crippen LogP contribution in [0.2, 0.25) is 0 Å². The molecule has 0 fully saturated rings. The molecule has 3 aromatic rings. The van der Waals surface area contributed by atoms with E-state index in [0.29, 0.717) is 19.8 Å². The molecule has 0 saturated heterocycles. The maximum Gasteiger partial charge on any atom is 0.122 e. The number of benzene rings is 2. The fourth-order valence-corrected chi connectivity index (χ4v) is 2.46. The summed E-state index contributed by atoms with van der Waals surface area (Å²) in [5.74, 6) is 1.66. The van der Waals surface area contributed by atoms with Crippen molar-refractivity contribution in [1.29, 1.82) is 0 Å². The van der Waals surface area contributed by atoms with Gasteiger partial charge in [-0.3, -0.25) is 5.10 Å². The minimum Gasteiger partial charge on any atom is -0.490 e. The van der Waals surface area contributed by atoms with Gasteiger partial charge in [-0.15, -0.1) is 0 Å². The molecule has 2 aromatic carbocycles. The summed E-state index contributed by atoms with van der Waals surface area (Å²) in [5, 5.41) is 7.30. The Morgan fingerprint density at radius 3 is 2.12 bits per heavy atom. The first-order valence-corrected chi connectivity index (χ1v) is 7.93. The molecule has 0 atom stereocenters. The molecule has 5 heteroatoms. The van der Waals surface area contributed by atoms with Crippen LogP contribution < -0.4 is 15.2 Å². The summed E-state index contributed by atoms with van der Waals surface area (Å²) in [6.45, 7) is 3.48. The molecule has 124 valence electrons. The van der Waals surface area contributed by atoms with Gasteiger partial charge in [-0.1, -0.05) is 18.2 Å². The number of rotatable bonds is 7. The van der Waals surface area contributed by atoms with Gasteiger partial charge >= 0.3 is 0 Å². The van der Waals surface area contributed by atoms with E-state index in [4.69, 9.17) is 15.2 Å². The van der Waals surface area contributed by atoms with E-state index < -0.39 is 0 Å². The first-order chi connectivity index (χ1) is 11.8. The molecule has 0 aliphatic heterocycles. The third-order valence-corrected chi connectivity index (χ3v) is 3.81. The lowest BCUT2D eigenvalue weighted by Gasteiger charge is -2.08. The Bertz CT molecular complexity index is 767. The van der Waals surface area contributed by atoms with Crippen molar-refractivity contribution in [3.05, 3.63) is 65.9 Å². The second-order valence-electron chi connectivity index (χ2n) is 5.41. The Labute approximate surface area is 141 Å². The van der Waals surface area contributed by atoms with Gasteiger partial charge < -0.3 is 15.2 Å². The topological polar surface area (TPSA) is 73.2 Å². The molecule has 0 aliphatic rings. The molecule has 0 aliphatic carbocycles. The van der Waals surface area contributed by atoms with Gasteiger partial charge in [-0.2, -0.15) is 5.10 Å². The number of ether oxygens (including phenoxy) is 2. The lowest BCUT2D eigenvalue weighted by molar-refractivity contribution is 0.217. The molecule has 5 nitrogen and oxygen atoms in total. The highest BCUT2D eigenvalue weighted by Crippen LogP contribution is 2.25. The highest BCUT2D eigenvalue weighted by atomic mass is 16.5. The summed E-state index contributed by atoms with van der Waals surface area (Å²) in [4.78, 5) is 0. The SMILES string of the molecule is Cc1c(-c2ccc(OCCOc3ccccc3)cc2)n[nH]c1CN. The second kappa shape index (κ2) is 7.66. The van der Waals surface area contributed by atoms with Gasteiger partial charge in [0.2, 0.25) is 0 Å². The molecule has 3 N–H and O–H groups in total. The number of H-pyrrole nitrogens is 1. The Morgan fingerprint density at radius 1 is 0.917 bits per heavy atom. The number of nitrogens with zero attached hydrogens (tertiary/aromatic N) is 1. The Kier molecular flexibility index (Phi) is 5.13. The smallest absolute Gasteiger partial charge is 0.122 e. The van der Waals surface area contributed by atoms with Crippen molar-refractivity contribution in [2.45, 2.75) is 13.5 Å². The van der Waals surface area contributed by atoms with E-state index in [0.717, 1.165) is 34.0 Å². The Hall–Kier alpha value is -2.79.